The number of rotatable bonds is 4. The lowest BCUT2D eigenvalue weighted by atomic mass is 10.1. The van der Waals surface area contributed by atoms with Crippen molar-refractivity contribution in [2.24, 2.45) is 10.9 Å². The average Bonchev–Trinajstić information content (AvgIpc) is 2.47. The van der Waals surface area contributed by atoms with Gasteiger partial charge in [-0.2, -0.15) is 0 Å². The number of benzene rings is 1. The Bertz CT molecular complexity index is 616. The molecule has 0 bridgehead atoms. The molecule has 0 amide bonds. The third kappa shape index (κ3) is 3.00. The van der Waals surface area contributed by atoms with Gasteiger partial charge in [0.1, 0.15) is 0 Å². The quantitative estimate of drug-likeness (QED) is 0.393. The number of hydrogen-bond acceptors (Lipinski definition) is 4. The number of halogens is 1. The van der Waals surface area contributed by atoms with Gasteiger partial charge < -0.3 is 15.8 Å². The average molecular weight is 291 g/mol. The first-order valence-corrected chi connectivity index (χ1v) is 6.38. The Morgan fingerprint density at radius 2 is 2.15 bits per heavy atom. The van der Waals surface area contributed by atoms with Gasteiger partial charge in [-0.3, -0.25) is 4.98 Å². The summed E-state index contributed by atoms with van der Waals surface area (Å²) in [5.41, 5.74) is 7.90. The minimum Gasteiger partial charge on any atom is -0.409 e. The molecule has 0 aliphatic carbocycles. The first-order valence-electron chi connectivity index (χ1n) is 6.01. The van der Waals surface area contributed by atoms with Crippen LogP contribution >= 0.6 is 11.6 Å². The molecule has 0 aliphatic heterocycles. The van der Waals surface area contributed by atoms with Gasteiger partial charge in [-0.15, -0.1) is 0 Å². The van der Waals surface area contributed by atoms with Crippen molar-refractivity contribution < 1.29 is 5.21 Å². The van der Waals surface area contributed by atoms with Crippen LogP contribution in [-0.2, 0) is 6.54 Å². The molecule has 0 atom stereocenters. The highest BCUT2D eigenvalue weighted by Gasteiger charge is 2.15. The summed E-state index contributed by atoms with van der Waals surface area (Å²) in [6, 6.07) is 11.1. The maximum Gasteiger partial charge on any atom is 0.173 e. The molecule has 2 rings (SSSR count). The summed E-state index contributed by atoms with van der Waals surface area (Å²) < 4.78 is 0. The summed E-state index contributed by atoms with van der Waals surface area (Å²) in [4.78, 5) is 6.22. The van der Waals surface area contributed by atoms with E-state index in [-0.39, 0.29) is 5.84 Å². The fraction of sp³-hybridized carbons (Fsp3) is 0.143. The van der Waals surface area contributed by atoms with E-state index >= 15 is 0 Å². The van der Waals surface area contributed by atoms with Crippen LogP contribution in [0.25, 0.3) is 0 Å². The highest BCUT2D eigenvalue weighted by atomic mass is 35.5. The Labute approximate surface area is 122 Å². The van der Waals surface area contributed by atoms with Crippen molar-refractivity contribution in [1.82, 2.24) is 4.98 Å². The standard InChI is InChI=1S/C14H15ClN4O/c1-19(9-10-5-2-3-8-17-10)12-7-4-6-11(15)13(12)14(16)18-20/h2-8,20H,9H2,1H3,(H2,16,18). The molecule has 1 aromatic carbocycles. The lowest BCUT2D eigenvalue weighted by molar-refractivity contribution is 0.318. The van der Waals surface area contributed by atoms with Gasteiger partial charge in [-0.1, -0.05) is 28.9 Å². The predicted molar refractivity (Wildman–Crippen MR) is 80.3 cm³/mol. The fourth-order valence-corrected chi connectivity index (χ4v) is 2.22. The summed E-state index contributed by atoms with van der Waals surface area (Å²) in [5.74, 6) is -0.0153. The van der Waals surface area contributed by atoms with Crippen LogP contribution in [-0.4, -0.2) is 23.1 Å². The first-order chi connectivity index (χ1) is 9.63. The van der Waals surface area contributed by atoms with E-state index in [0.29, 0.717) is 17.1 Å². The number of amidine groups is 1. The normalized spacial score (nSPS) is 11.4. The Morgan fingerprint density at radius 1 is 1.35 bits per heavy atom. The summed E-state index contributed by atoms with van der Waals surface area (Å²) in [5, 5.41) is 12.4. The van der Waals surface area contributed by atoms with E-state index in [0.717, 1.165) is 11.4 Å². The Morgan fingerprint density at radius 3 is 2.80 bits per heavy atom. The molecule has 5 nitrogen and oxygen atoms in total. The van der Waals surface area contributed by atoms with Gasteiger partial charge in [-0.05, 0) is 24.3 Å². The van der Waals surface area contributed by atoms with Crippen LogP contribution in [0, 0.1) is 0 Å². The Kier molecular flexibility index (Phi) is 4.42. The van der Waals surface area contributed by atoms with Crippen LogP contribution < -0.4 is 10.6 Å². The maximum atomic E-state index is 8.88. The van der Waals surface area contributed by atoms with Crippen molar-refractivity contribution in [3.63, 3.8) is 0 Å². The van der Waals surface area contributed by atoms with Crippen LogP contribution in [0.3, 0.4) is 0 Å². The second-order valence-electron chi connectivity index (χ2n) is 4.30. The molecular weight excluding hydrogens is 276 g/mol. The fourth-order valence-electron chi connectivity index (χ4n) is 1.95. The minimum absolute atomic E-state index is 0.0153. The van der Waals surface area contributed by atoms with Crippen LogP contribution in [0.15, 0.2) is 47.8 Å². The number of nitrogens with zero attached hydrogens (tertiary/aromatic N) is 3. The van der Waals surface area contributed by atoms with Gasteiger partial charge in [0.25, 0.3) is 0 Å². The molecule has 3 N–H and O–H groups in total. The zero-order valence-corrected chi connectivity index (χ0v) is 11.7. The molecule has 0 saturated carbocycles. The summed E-state index contributed by atoms with van der Waals surface area (Å²) in [7, 11) is 1.90. The summed E-state index contributed by atoms with van der Waals surface area (Å²) >= 11 is 6.14. The number of anilines is 1. The first kappa shape index (κ1) is 14.1. The number of aromatic nitrogens is 1. The van der Waals surface area contributed by atoms with E-state index in [1.54, 1.807) is 12.3 Å². The lowest BCUT2D eigenvalue weighted by Gasteiger charge is -2.22. The van der Waals surface area contributed by atoms with Crippen molar-refractivity contribution >= 4 is 23.1 Å². The van der Waals surface area contributed by atoms with E-state index < -0.39 is 0 Å². The number of oxime groups is 1. The molecule has 2 aromatic rings. The van der Waals surface area contributed by atoms with E-state index in [1.165, 1.54) is 0 Å². The van der Waals surface area contributed by atoms with Crippen LogP contribution in [0.1, 0.15) is 11.3 Å². The zero-order chi connectivity index (χ0) is 14.5. The zero-order valence-electron chi connectivity index (χ0n) is 11.0. The molecule has 0 fully saturated rings. The number of nitrogens with two attached hydrogens (primary N) is 1. The molecule has 6 heteroatoms. The third-order valence-corrected chi connectivity index (χ3v) is 3.21. The highest BCUT2D eigenvalue weighted by molar-refractivity contribution is 6.34. The number of hydrogen-bond donors (Lipinski definition) is 2. The van der Waals surface area contributed by atoms with Gasteiger partial charge in [-0.25, -0.2) is 0 Å². The monoisotopic (exact) mass is 290 g/mol. The van der Waals surface area contributed by atoms with Crippen molar-refractivity contribution in [3.8, 4) is 0 Å². The largest absolute Gasteiger partial charge is 0.409 e. The Hall–Kier alpha value is -2.27. The predicted octanol–water partition coefficient (Wildman–Crippen LogP) is 2.47. The van der Waals surface area contributed by atoms with Gasteiger partial charge in [0, 0.05) is 18.9 Å². The van der Waals surface area contributed by atoms with Crippen molar-refractivity contribution in [3.05, 3.63) is 58.9 Å². The second kappa shape index (κ2) is 6.25. The molecule has 1 heterocycles. The maximum absolute atomic E-state index is 8.88. The molecule has 104 valence electrons. The molecular formula is C14H15ClN4O. The van der Waals surface area contributed by atoms with Crippen molar-refractivity contribution in [2.45, 2.75) is 6.54 Å². The van der Waals surface area contributed by atoms with E-state index in [1.807, 2.05) is 42.3 Å². The topological polar surface area (TPSA) is 74.7 Å². The smallest absolute Gasteiger partial charge is 0.173 e. The van der Waals surface area contributed by atoms with Gasteiger partial charge in [0.05, 0.1) is 22.8 Å². The van der Waals surface area contributed by atoms with E-state index in [9.17, 15) is 0 Å². The van der Waals surface area contributed by atoms with Gasteiger partial charge in [0.15, 0.2) is 5.84 Å². The summed E-state index contributed by atoms with van der Waals surface area (Å²) in [6.45, 7) is 0.590. The molecule has 0 saturated heterocycles. The van der Waals surface area contributed by atoms with Crippen molar-refractivity contribution in [1.29, 1.82) is 0 Å². The van der Waals surface area contributed by atoms with Crippen molar-refractivity contribution in [2.75, 3.05) is 11.9 Å². The molecule has 1 aromatic heterocycles. The minimum atomic E-state index is -0.0153. The van der Waals surface area contributed by atoms with Crippen LogP contribution in [0.4, 0.5) is 5.69 Å². The van der Waals surface area contributed by atoms with E-state index in [4.69, 9.17) is 22.5 Å². The molecule has 20 heavy (non-hydrogen) atoms. The molecule has 0 aliphatic rings. The van der Waals surface area contributed by atoms with Gasteiger partial charge >= 0.3 is 0 Å². The summed E-state index contributed by atoms with van der Waals surface area (Å²) in [6.07, 6.45) is 1.74. The number of pyridine rings is 1. The molecule has 0 spiro atoms. The third-order valence-electron chi connectivity index (χ3n) is 2.89. The van der Waals surface area contributed by atoms with Gasteiger partial charge in [0.2, 0.25) is 0 Å². The van der Waals surface area contributed by atoms with Crippen LogP contribution in [0.5, 0.6) is 0 Å². The lowest BCUT2D eigenvalue weighted by Crippen LogP contribution is -2.23. The Balaban J connectivity index is 2.35. The highest BCUT2D eigenvalue weighted by Crippen LogP contribution is 2.27. The van der Waals surface area contributed by atoms with Crippen LogP contribution in [0.2, 0.25) is 5.02 Å². The SMILES string of the molecule is CN(Cc1ccccn1)c1cccc(Cl)c1C(N)=NO. The molecule has 0 unspecified atom stereocenters. The molecule has 0 radical (unpaired) electrons. The van der Waals surface area contributed by atoms with E-state index in [2.05, 4.69) is 10.1 Å². The second-order valence-corrected chi connectivity index (χ2v) is 4.70.